The van der Waals surface area contributed by atoms with Crippen molar-refractivity contribution in [2.75, 3.05) is 18.0 Å². The molecule has 2 aliphatic rings. The zero-order valence-corrected chi connectivity index (χ0v) is 11.5. The summed E-state index contributed by atoms with van der Waals surface area (Å²) in [5.74, 6) is -0.319. The van der Waals surface area contributed by atoms with Gasteiger partial charge in [0.1, 0.15) is 5.82 Å². The molecular formula is C15H19FN2O2. The molecule has 0 radical (unpaired) electrons. The predicted octanol–water partition coefficient (Wildman–Crippen LogP) is 1.59. The summed E-state index contributed by atoms with van der Waals surface area (Å²) in [5, 5.41) is 12.7. The van der Waals surface area contributed by atoms with Crippen LogP contribution in [0.4, 0.5) is 10.1 Å². The van der Waals surface area contributed by atoms with Gasteiger partial charge in [-0.15, -0.1) is 0 Å². The number of fused-ring (bicyclic) bond motifs is 1. The number of carbonyl (C=O) groups is 1. The number of nitrogens with zero attached hydrogens (tertiary/aromatic N) is 1. The monoisotopic (exact) mass is 278 g/mol. The quantitative estimate of drug-likeness (QED) is 0.864. The molecule has 1 amide bonds. The van der Waals surface area contributed by atoms with E-state index in [9.17, 15) is 14.3 Å². The number of aliphatic hydroxyl groups is 1. The average Bonchev–Trinajstić information content (AvgIpc) is 2.80. The molecule has 0 bridgehead atoms. The van der Waals surface area contributed by atoms with Gasteiger partial charge < -0.3 is 15.3 Å². The van der Waals surface area contributed by atoms with E-state index in [1.54, 1.807) is 13.0 Å². The summed E-state index contributed by atoms with van der Waals surface area (Å²) in [6, 6.07) is 4.92. The SMILES string of the molecule is C[C@H](O)c1c(F)cccc1N1CCCC2C(=O)NCC21. The van der Waals surface area contributed by atoms with E-state index in [2.05, 4.69) is 10.2 Å². The molecule has 3 atom stereocenters. The van der Waals surface area contributed by atoms with Gasteiger partial charge in [-0.2, -0.15) is 0 Å². The highest BCUT2D eigenvalue weighted by atomic mass is 19.1. The molecule has 4 nitrogen and oxygen atoms in total. The summed E-state index contributed by atoms with van der Waals surface area (Å²) in [5.41, 5.74) is 1.04. The molecule has 2 N–H and O–H groups in total. The Morgan fingerprint density at radius 2 is 2.30 bits per heavy atom. The van der Waals surface area contributed by atoms with Gasteiger partial charge in [0.25, 0.3) is 0 Å². The van der Waals surface area contributed by atoms with Crippen molar-refractivity contribution in [1.82, 2.24) is 5.32 Å². The number of carbonyl (C=O) groups excluding carboxylic acids is 1. The molecule has 2 saturated heterocycles. The lowest BCUT2D eigenvalue weighted by Gasteiger charge is -2.39. The molecule has 108 valence electrons. The topological polar surface area (TPSA) is 52.6 Å². The number of hydrogen-bond donors (Lipinski definition) is 2. The molecule has 5 heteroatoms. The van der Waals surface area contributed by atoms with Crippen molar-refractivity contribution in [2.45, 2.75) is 31.9 Å². The number of anilines is 1. The summed E-state index contributed by atoms with van der Waals surface area (Å²) < 4.78 is 14.0. The minimum absolute atomic E-state index is 0.0196. The first-order chi connectivity index (χ1) is 9.59. The molecule has 2 aliphatic heterocycles. The van der Waals surface area contributed by atoms with Crippen molar-refractivity contribution >= 4 is 11.6 Å². The number of benzene rings is 1. The molecule has 20 heavy (non-hydrogen) atoms. The molecule has 3 rings (SSSR count). The lowest BCUT2D eigenvalue weighted by atomic mass is 9.90. The molecular weight excluding hydrogens is 259 g/mol. The van der Waals surface area contributed by atoms with E-state index in [0.29, 0.717) is 17.8 Å². The fourth-order valence-electron chi connectivity index (χ4n) is 3.44. The van der Waals surface area contributed by atoms with Crippen molar-refractivity contribution < 1.29 is 14.3 Å². The maximum absolute atomic E-state index is 14.0. The summed E-state index contributed by atoms with van der Waals surface area (Å²) in [6.45, 7) is 2.96. The lowest BCUT2D eigenvalue weighted by Crippen LogP contribution is -2.46. The van der Waals surface area contributed by atoms with E-state index < -0.39 is 11.9 Å². The van der Waals surface area contributed by atoms with Gasteiger partial charge in [0.05, 0.1) is 18.1 Å². The van der Waals surface area contributed by atoms with Gasteiger partial charge >= 0.3 is 0 Å². The summed E-state index contributed by atoms with van der Waals surface area (Å²) in [7, 11) is 0. The van der Waals surface area contributed by atoms with Crippen molar-refractivity contribution in [2.24, 2.45) is 5.92 Å². The maximum atomic E-state index is 14.0. The van der Waals surface area contributed by atoms with Gasteiger partial charge in [-0.25, -0.2) is 4.39 Å². The van der Waals surface area contributed by atoms with Crippen molar-refractivity contribution in [3.05, 3.63) is 29.6 Å². The third-order valence-corrected chi connectivity index (χ3v) is 4.36. The Labute approximate surface area is 117 Å². The summed E-state index contributed by atoms with van der Waals surface area (Å²) in [6.07, 6.45) is 0.924. The first-order valence-electron chi connectivity index (χ1n) is 7.10. The van der Waals surface area contributed by atoms with Crippen molar-refractivity contribution in [3.63, 3.8) is 0 Å². The molecule has 0 saturated carbocycles. The van der Waals surface area contributed by atoms with Crippen LogP contribution >= 0.6 is 0 Å². The van der Waals surface area contributed by atoms with E-state index in [1.165, 1.54) is 6.07 Å². The highest BCUT2D eigenvalue weighted by Crippen LogP contribution is 2.36. The second-order valence-corrected chi connectivity index (χ2v) is 5.60. The Morgan fingerprint density at radius 1 is 1.50 bits per heavy atom. The first kappa shape index (κ1) is 13.4. The maximum Gasteiger partial charge on any atom is 0.225 e. The van der Waals surface area contributed by atoms with Gasteiger partial charge in [0, 0.05) is 24.3 Å². The molecule has 1 aromatic rings. The fourth-order valence-corrected chi connectivity index (χ4v) is 3.44. The van der Waals surface area contributed by atoms with E-state index in [1.807, 2.05) is 6.07 Å². The van der Waals surface area contributed by atoms with Gasteiger partial charge in [-0.1, -0.05) is 6.07 Å². The van der Waals surface area contributed by atoms with E-state index in [-0.39, 0.29) is 17.9 Å². The minimum Gasteiger partial charge on any atom is -0.389 e. The normalized spacial score (nSPS) is 27.1. The molecule has 2 unspecified atom stereocenters. The van der Waals surface area contributed by atoms with E-state index >= 15 is 0 Å². The smallest absolute Gasteiger partial charge is 0.225 e. The number of halogens is 1. The van der Waals surface area contributed by atoms with Crippen LogP contribution in [0.3, 0.4) is 0 Å². The van der Waals surface area contributed by atoms with Crippen LogP contribution in [-0.4, -0.2) is 30.1 Å². The molecule has 2 heterocycles. The zero-order valence-electron chi connectivity index (χ0n) is 11.5. The molecule has 1 aromatic carbocycles. The van der Waals surface area contributed by atoms with Crippen molar-refractivity contribution in [1.29, 1.82) is 0 Å². The number of amides is 1. The van der Waals surface area contributed by atoms with Crippen LogP contribution in [0.2, 0.25) is 0 Å². The molecule has 2 fully saturated rings. The van der Waals surface area contributed by atoms with Gasteiger partial charge in [-0.05, 0) is 31.9 Å². The van der Waals surface area contributed by atoms with Crippen LogP contribution in [0.25, 0.3) is 0 Å². The van der Waals surface area contributed by atoms with Crippen LogP contribution in [0.15, 0.2) is 18.2 Å². The first-order valence-corrected chi connectivity index (χ1v) is 7.10. The third kappa shape index (κ3) is 2.06. The number of rotatable bonds is 2. The fraction of sp³-hybridized carbons (Fsp3) is 0.533. The van der Waals surface area contributed by atoms with Crippen LogP contribution < -0.4 is 10.2 Å². The van der Waals surface area contributed by atoms with Crippen LogP contribution in [0.5, 0.6) is 0 Å². The molecule has 0 spiro atoms. The van der Waals surface area contributed by atoms with Gasteiger partial charge in [-0.3, -0.25) is 4.79 Å². The van der Waals surface area contributed by atoms with Crippen LogP contribution in [-0.2, 0) is 4.79 Å². The standard InChI is InChI=1S/C15H19FN2O2/c1-9(19)14-11(16)5-2-6-12(14)18-7-3-4-10-13(18)8-17-15(10)20/h2,5-6,9-10,13,19H,3-4,7-8H2,1H3,(H,17,20)/t9-,10?,13?/m0/s1. The van der Waals surface area contributed by atoms with E-state index in [4.69, 9.17) is 0 Å². The molecule has 0 aromatic heterocycles. The molecule has 0 aliphatic carbocycles. The van der Waals surface area contributed by atoms with Gasteiger partial charge in [0.15, 0.2) is 0 Å². The second-order valence-electron chi connectivity index (χ2n) is 5.60. The predicted molar refractivity (Wildman–Crippen MR) is 73.9 cm³/mol. The second kappa shape index (κ2) is 5.05. The largest absolute Gasteiger partial charge is 0.389 e. The zero-order chi connectivity index (χ0) is 14.3. The summed E-state index contributed by atoms with van der Waals surface area (Å²) >= 11 is 0. The van der Waals surface area contributed by atoms with E-state index in [0.717, 1.165) is 19.4 Å². The van der Waals surface area contributed by atoms with Crippen LogP contribution in [0, 0.1) is 11.7 Å². The Kier molecular flexibility index (Phi) is 3.38. The Morgan fingerprint density at radius 3 is 3.05 bits per heavy atom. The van der Waals surface area contributed by atoms with Crippen molar-refractivity contribution in [3.8, 4) is 0 Å². The minimum atomic E-state index is -0.864. The van der Waals surface area contributed by atoms with Crippen LogP contribution in [0.1, 0.15) is 31.4 Å². The Balaban J connectivity index is 2.00. The number of piperidine rings is 1. The highest BCUT2D eigenvalue weighted by Gasteiger charge is 2.41. The number of aliphatic hydroxyl groups excluding tert-OH is 1. The van der Waals surface area contributed by atoms with Gasteiger partial charge in [0.2, 0.25) is 5.91 Å². The average molecular weight is 278 g/mol. The number of nitrogens with one attached hydrogen (secondary N) is 1. The summed E-state index contributed by atoms with van der Waals surface area (Å²) in [4.78, 5) is 13.9. The Hall–Kier alpha value is -1.62. The Bertz CT molecular complexity index is 533. The highest BCUT2D eigenvalue weighted by molar-refractivity contribution is 5.83. The third-order valence-electron chi connectivity index (χ3n) is 4.36. The number of hydrogen-bond acceptors (Lipinski definition) is 3. The lowest BCUT2D eigenvalue weighted by molar-refractivity contribution is -0.122.